The molecule has 2 rings (SSSR count). The van der Waals surface area contributed by atoms with Crippen molar-refractivity contribution >= 4 is 27.5 Å². The van der Waals surface area contributed by atoms with Crippen LogP contribution in [0, 0.1) is 11.7 Å². The van der Waals surface area contributed by atoms with Crippen LogP contribution in [0.3, 0.4) is 0 Å². The van der Waals surface area contributed by atoms with E-state index in [1.165, 1.54) is 6.07 Å². The van der Waals surface area contributed by atoms with Crippen LogP contribution in [-0.2, 0) is 14.8 Å². The number of nitrogens with zero attached hydrogens (tertiary/aromatic N) is 1. The van der Waals surface area contributed by atoms with E-state index in [-0.39, 0.29) is 21.9 Å². The molecule has 8 heteroatoms. The summed E-state index contributed by atoms with van der Waals surface area (Å²) in [5.41, 5.74) is 0. The van der Waals surface area contributed by atoms with Crippen molar-refractivity contribution in [2.45, 2.75) is 44.0 Å². The minimum Gasteiger partial charge on any atom is -0.343 e. The lowest BCUT2D eigenvalue weighted by Gasteiger charge is -2.32. The molecule has 1 aromatic carbocycles. The molecule has 1 aliphatic rings. The fourth-order valence-corrected chi connectivity index (χ4v) is 4.51. The maximum Gasteiger partial charge on any atom is 0.242 e. The molecular weight excluding hydrogens is 355 g/mol. The summed E-state index contributed by atoms with van der Waals surface area (Å²) in [4.78, 5) is 13.5. The van der Waals surface area contributed by atoms with Crippen molar-refractivity contribution in [3.05, 3.63) is 29.0 Å². The van der Waals surface area contributed by atoms with Crippen molar-refractivity contribution in [2.24, 2.45) is 5.92 Å². The van der Waals surface area contributed by atoms with E-state index in [0.29, 0.717) is 38.3 Å². The molecule has 1 amide bonds. The summed E-state index contributed by atoms with van der Waals surface area (Å²) in [6.45, 7) is 4.99. The molecule has 134 valence electrons. The van der Waals surface area contributed by atoms with Crippen LogP contribution in [0.1, 0.15) is 33.1 Å². The normalized spacial score (nSPS) is 16.6. The molecule has 0 aliphatic carbocycles. The van der Waals surface area contributed by atoms with Crippen LogP contribution in [0.4, 0.5) is 4.39 Å². The number of hydrogen-bond donors (Lipinski definition) is 1. The molecule has 1 heterocycles. The fraction of sp³-hybridized carbons (Fsp3) is 0.562. The predicted octanol–water partition coefficient (Wildman–Crippen LogP) is 2.79. The van der Waals surface area contributed by atoms with Gasteiger partial charge in [-0.3, -0.25) is 4.79 Å². The van der Waals surface area contributed by atoms with E-state index in [1.54, 1.807) is 4.90 Å². The molecule has 0 saturated carbocycles. The SMILES string of the molecule is CC(C)CC(=O)N1CCC(NS(=O)(=O)c2cc(F)ccc2Cl)CC1. The van der Waals surface area contributed by atoms with E-state index in [0.717, 1.165) is 12.1 Å². The molecule has 0 atom stereocenters. The van der Waals surface area contributed by atoms with E-state index < -0.39 is 15.8 Å². The number of piperidine rings is 1. The monoisotopic (exact) mass is 376 g/mol. The minimum absolute atomic E-state index is 0.0200. The summed E-state index contributed by atoms with van der Waals surface area (Å²) < 4.78 is 40.7. The molecule has 0 bridgehead atoms. The number of halogens is 2. The van der Waals surface area contributed by atoms with Gasteiger partial charge in [-0.1, -0.05) is 25.4 Å². The largest absolute Gasteiger partial charge is 0.343 e. The van der Waals surface area contributed by atoms with Crippen molar-refractivity contribution in [3.63, 3.8) is 0 Å². The van der Waals surface area contributed by atoms with E-state index in [1.807, 2.05) is 13.8 Å². The Morgan fingerprint density at radius 2 is 2.00 bits per heavy atom. The molecule has 0 unspecified atom stereocenters. The van der Waals surface area contributed by atoms with Gasteiger partial charge in [0.05, 0.1) is 5.02 Å². The van der Waals surface area contributed by atoms with Gasteiger partial charge >= 0.3 is 0 Å². The van der Waals surface area contributed by atoms with Crippen LogP contribution in [0.15, 0.2) is 23.1 Å². The first-order valence-corrected chi connectivity index (χ1v) is 9.80. The molecule has 1 aromatic rings. The third kappa shape index (κ3) is 4.91. The first-order valence-electron chi connectivity index (χ1n) is 7.94. The first kappa shape index (κ1) is 19.1. The lowest BCUT2D eigenvalue weighted by atomic mass is 10.0. The van der Waals surface area contributed by atoms with E-state index in [2.05, 4.69) is 4.72 Å². The fourth-order valence-electron chi connectivity index (χ4n) is 2.69. The van der Waals surface area contributed by atoms with Crippen LogP contribution < -0.4 is 4.72 Å². The maximum atomic E-state index is 13.3. The number of hydrogen-bond acceptors (Lipinski definition) is 3. The van der Waals surface area contributed by atoms with Crippen LogP contribution in [0.25, 0.3) is 0 Å². The van der Waals surface area contributed by atoms with Gasteiger partial charge in [-0.15, -0.1) is 0 Å². The molecule has 0 spiro atoms. The Labute approximate surface area is 147 Å². The Kier molecular flexibility index (Phi) is 6.22. The van der Waals surface area contributed by atoms with Crippen molar-refractivity contribution < 1.29 is 17.6 Å². The average molecular weight is 377 g/mol. The van der Waals surface area contributed by atoms with Crippen LogP contribution >= 0.6 is 11.6 Å². The Balaban J connectivity index is 1.98. The number of likely N-dealkylation sites (tertiary alicyclic amines) is 1. The number of rotatable bonds is 5. The van der Waals surface area contributed by atoms with Gasteiger partial charge in [0.15, 0.2) is 0 Å². The van der Waals surface area contributed by atoms with Crippen molar-refractivity contribution in [1.82, 2.24) is 9.62 Å². The Morgan fingerprint density at radius 1 is 1.38 bits per heavy atom. The Hall–Kier alpha value is -1.18. The van der Waals surface area contributed by atoms with Gasteiger partial charge in [0.25, 0.3) is 0 Å². The topological polar surface area (TPSA) is 66.5 Å². The molecule has 1 saturated heterocycles. The third-order valence-electron chi connectivity index (χ3n) is 3.94. The number of benzene rings is 1. The molecule has 0 radical (unpaired) electrons. The zero-order valence-electron chi connectivity index (χ0n) is 13.8. The lowest BCUT2D eigenvalue weighted by Crippen LogP contribution is -2.46. The van der Waals surface area contributed by atoms with E-state index >= 15 is 0 Å². The van der Waals surface area contributed by atoms with E-state index in [9.17, 15) is 17.6 Å². The summed E-state index contributed by atoms with van der Waals surface area (Å²) in [5, 5.41) is -0.0200. The molecule has 0 aromatic heterocycles. The first-order chi connectivity index (χ1) is 11.2. The van der Waals surface area contributed by atoms with Crippen LogP contribution in [0.2, 0.25) is 5.02 Å². The molecule has 1 fully saturated rings. The summed E-state index contributed by atoms with van der Waals surface area (Å²) in [6, 6.07) is 2.95. The molecule has 1 N–H and O–H groups in total. The van der Waals surface area contributed by atoms with E-state index in [4.69, 9.17) is 11.6 Å². The summed E-state index contributed by atoms with van der Waals surface area (Å²) in [5.74, 6) is -0.266. The highest BCUT2D eigenvalue weighted by Crippen LogP contribution is 2.23. The highest BCUT2D eigenvalue weighted by molar-refractivity contribution is 7.89. The van der Waals surface area contributed by atoms with Crippen molar-refractivity contribution in [1.29, 1.82) is 0 Å². The number of carbonyl (C=O) groups is 1. The zero-order valence-corrected chi connectivity index (χ0v) is 15.3. The predicted molar refractivity (Wildman–Crippen MR) is 90.8 cm³/mol. The molecule has 5 nitrogen and oxygen atoms in total. The second-order valence-electron chi connectivity index (χ2n) is 6.45. The smallest absolute Gasteiger partial charge is 0.242 e. The molecular formula is C16H22ClFN2O3S. The molecule has 24 heavy (non-hydrogen) atoms. The number of nitrogens with one attached hydrogen (secondary N) is 1. The quantitative estimate of drug-likeness (QED) is 0.859. The van der Waals surface area contributed by atoms with Gasteiger partial charge < -0.3 is 4.90 Å². The zero-order chi connectivity index (χ0) is 17.9. The maximum absolute atomic E-state index is 13.3. The minimum atomic E-state index is -3.90. The van der Waals surface area contributed by atoms with Gasteiger partial charge in [0.2, 0.25) is 15.9 Å². The highest BCUT2D eigenvalue weighted by Gasteiger charge is 2.28. The number of amides is 1. The lowest BCUT2D eigenvalue weighted by molar-refractivity contribution is -0.133. The average Bonchev–Trinajstić information content (AvgIpc) is 2.49. The van der Waals surface area contributed by atoms with Crippen molar-refractivity contribution in [3.8, 4) is 0 Å². The van der Waals surface area contributed by atoms with Crippen LogP contribution in [0.5, 0.6) is 0 Å². The van der Waals surface area contributed by atoms with Crippen molar-refractivity contribution in [2.75, 3.05) is 13.1 Å². The summed E-state index contributed by atoms with van der Waals surface area (Å²) in [7, 11) is -3.90. The number of carbonyl (C=O) groups excluding carboxylic acids is 1. The molecule has 1 aliphatic heterocycles. The second-order valence-corrected chi connectivity index (χ2v) is 8.54. The van der Waals surface area contributed by atoms with Gasteiger partial charge in [0.1, 0.15) is 10.7 Å². The second kappa shape index (κ2) is 7.80. The Bertz CT molecular complexity index is 701. The number of sulfonamides is 1. The Morgan fingerprint density at radius 3 is 2.58 bits per heavy atom. The third-order valence-corrected chi connectivity index (χ3v) is 5.94. The summed E-state index contributed by atoms with van der Waals surface area (Å²) >= 11 is 5.87. The van der Waals surface area contributed by atoms with Gasteiger partial charge in [-0.2, -0.15) is 0 Å². The van der Waals surface area contributed by atoms with Crippen LogP contribution in [-0.4, -0.2) is 38.4 Å². The van der Waals surface area contributed by atoms with Gasteiger partial charge in [-0.05, 0) is 37.0 Å². The highest BCUT2D eigenvalue weighted by atomic mass is 35.5. The summed E-state index contributed by atoms with van der Waals surface area (Å²) in [6.07, 6.45) is 1.54. The van der Waals surface area contributed by atoms with Gasteiger partial charge in [-0.25, -0.2) is 17.5 Å². The van der Waals surface area contributed by atoms with Gasteiger partial charge in [0, 0.05) is 25.6 Å². The standard InChI is InChI=1S/C16H22ClFN2O3S/c1-11(2)9-16(21)20-7-5-13(6-8-20)19-24(22,23)15-10-12(18)3-4-14(15)17/h3-4,10-11,13,19H,5-9H2,1-2H3.